The van der Waals surface area contributed by atoms with Gasteiger partial charge >= 0.3 is 0 Å². The first-order valence-electron chi connectivity index (χ1n) is 5.14. The van der Waals surface area contributed by atoms with Crippen LogP contribution in [0.4, 0.5) is 10.1 Å². The second kappa shape index (κ2) is 5.94. The molecule has 3 N–H and O–H groups in total. The van der Waals surface area contributed by atoms with Crippen LogP contribution in [0, 0.1) is 5.82 Å². The van der Waals surface area contributed by atoms with Gasteiger partial charge in [-0.3, -0.25) is 0 Å². The van der Waals surface area contributed by atoms with E-state index in [0.29, 0.717) is 5.01 Å². The summed E-state index contributed by atoms with van der Waals surface area (Å²) < 4.78 is 40.4. The molecule has 0 spiro atoms. The number of benzene rings is 1. The molecule has 0 saturated heterocycles. The SMILES string of the molecule is Nc1c(F)c(S(=O)(=O)NCc2nccs2)cc(Cl)c1Br. The Hall–Kier alpha value is -0.740. The van der Waals surface area contributed by atoms with E-state index < -0.39 is 20.7 Å². The number of halogens is 3. The van der Waals surface area contributed by atoms with Gasteiger partial charge in [0, 0.05) is 11.6 Å². The molecular formula is C10H8BrClFN3O2S2. The smallest absolute Gasteiger partial charge is 0.244 e. The van der Waals surface area contributed by atoms with Crippen LogP contribution in [0.25, 0.3) is 0 Å². The van der Waals surface area contributed by atoms with E-state index in [0.717, 1.165) is 6.07 Å². The van der Waals surface area contributed by atoms with Gasteiger partial charge in [-0.2, -0.15) is 0 Å². The molecular weight excluding hydrogens is 393 g/mol. The summed E-state index contributed by atoms with van der Waals surface area (Å²) in [6.45, 7) is -0.0347. The highest BCUT2D eigenvalue weighted by Crippen LogP contribution is 2.34. The second-order valence-electron chi connectivity index (χ2n) is 3.65. The molecule has 5 nitrogen and oxygen atoms in total. The van der Waals surface area contributed by atoms with Crippen molar-refractivity contribution >= 4 is 54.6 Å². The van der Waals surface area contributed by atoms with Crippen molar-refractivity contribution in [3.63, 3.8) is 0 Å². The predicted molar refractivity (Wildman–Crippen MR) is 79.7 cm³/mol. The summed E-state index contributed by atoms with van der Waals surface area (Å²) >= 11 is 10.1. The minimum atomic E-state index is -4.07. The third-order valence-corrected chi connectivity index (χ3v) is 5.90. The van der Waals surface area contributed by atoms with Crippen LogP contribution in [0.1, 0.15) is 5.01 Å². The monoisotopic (exact) mass is 399 g/mol. The summed E-state index contributed by atoms with van der Waals surface area (Å²) in [5, 5.41) is 2.28. The zero-order valence-electron chi connectivity index (χ0n) is 9.73. The number of aromatic nitrogens is 1. The van der Waals surface area contributed by atoms with Crippen LogP contribution in [0.3, 0.4) is 0 Å². The lowest BCUT2D eigenvalue weighted by atomic mass is 10.3. The topological polar surface area (TPSA) is 85.1 Å². The standard InChI is InChI=1S/C10H8BrClFN3O2S2/c11-8-5(12)3-6(9(13)10(8)14)20(17,18)16-4-7-15-1-2-19-7/h1-3,16H,4,14H2. The van der Waals surface area contributed by atoms with E-state index in [4.69, 9.17) is 17.3 Å². The molecule has 0 fully saturated rings. The fourth-order valence-corrected chi connectivity index (χ4v) is 3.68. The van der Waals surface area contributed by atoms with Crippen LogP contribution in [0.5, 0.6) is 0 Å². The van der Waals surface area contributed by atoms with Crippen molar-refractivity contribution in [2.75, 3.05) is 5.73 Å². The Balaban J connectivity index is 2.35. The van der Waals surface area contributed by atoms with Gasteiger partial charge in [0.2, 0.25) is 10.0 Å². The van der Waals surface area contributed by atoms with Gasteiger partial charge in [0.15, 0.2) is 5.82 Å². The molecule has 0 amide bonds. The fraction of sp³-hybridized carbons (Fsp3) is 0.100. The number of thiazole rings is 1. The van der Waals surface area contributed by atoms with E-state index in [1.807, 2.05) is 0 Å². The zero-order chi connectivity index (χ0) is 14.9. The molecule has 2 aromatic rings. The van der Waals surface area contributed by atoms with Crippen LogP contribution in [0.15, 0.2) is 27.0 Å². The summed E-state index contributed by atoms with van der Waals surface area (Å²) in [7, 11) is -4.07. The van der Waals surface area contributed by atoms with Crippen LogP contribution in [-0.2, 0) is 16.6 Å². The molecule has 0 aliphatic rings. The molecule has 0 unspecified atom stereocenters. The summed E-state index contributed by atoms with van der Waals surface area (Å²) in [6, 6.07) is 1.00. The van der Waals surface area contributed by atoms with Crippen molar-refractivity contribution in [3.05, 3.63) is 38.0 Å². The highest BCUT2D eigenvalue weighted by Gasteiger charge is 2.24. The fourth-order valence-electron chi connectivity index (χ4n) is 1.37. The van der Waals surface area contributed by atoms with Gasteiger partial charge in [0.05, 0.1) is 21.7 Å². The largest absolute Gasteiger partial charge is 0.395 e. The molecule has 0 saturated carbocycles. The molecule has 0 atom stereocenters. The number of sulfonamides is 1. The van der Waals surface area contributed by atoms with E-state index in [2.05, 4.69) is 25.6 Å². The maximum atomic E-state index is 14.0. The van der Waals surface area contributed by atoms with Gasteiger partial charge in [-0.25, -0.2) is 22.5 Å². The van der Waals surface area contributed by atoms with Gasteiger partial charge in [-0.1, -0.05) is 11.6 Å². The first kappa shape index (κ1) is 15.6. The Labute approximate surface area is 132 Å². The van der Waals surface area contributed by atoms with Gasteiger partial charge in [-0.15, -0.1) is 11.3 Å². The van der Waals surface area contributed by atoms with Crippen LogP contribution < -0.4 is 10.5 Å². The summed E-state index contributed by atoms with van der Waals surface area (Å²) in [5.41, 5.74) is 5.11. The molecule has 1 aromatic carbocycles. The lowest BCUT2D eigenvalue weighted by Crippen LogP contribution is -2.24. The van der Waals surface area contributed by atoms with Crippen LogP contribution in [-0.4, -0.2) is 13.4 Å². The molecule has 1 heterocycles. The van der Waals surface area contributed by atoms with Crippen molar-refractivity contribution in [2.45, 2.75) is 11.4 Å². The zero-order valence-corrected chi connectivity index (χ0v) is 13.7. The minimum absolute atomic E-state index is 0.0125. The number of nitrogens with two attached hydrogens (primary N) is 1. The second-order valence-corrected chi connectivity index (χ2v) is 7.56. The van der Waals surface area contributed by atoms with E-state index in [1.165, 1.54) is 11.3 Å². The number of hydrogen-bond acceptors (Lipinski definition) is 5. The predicted octanol–water partition coefficient (Wildman–Crippen LogP) is 2.76. The van der Waals surface area contributed by atoms with Gasteiger partial charge in [-0.05, 0) is 22.0 Å². The van der Waals surface area contributed by atoms with Crippen LogP contribution >= 0.6 is 38.9 Å². The summed E-state index contributed by atoms with van der Waals surface area (Å²) in [4.78, 5) is 3.33. The average molecular weight is 401 g/mol. The summed E-state index contributed by atoms with van der Waals surface area (Å²) in [5.74, 6) is -1.05. The molecule has 2 rings (SSSR count). The van der Waals surface area contributed by atoms with E-state index in [-0.39, 0.29) is 21.7 Å². The Morgan fingerprint density at radius 1 is 1.55 bits per heavy atom. The maximum Gasteiger partial charge on any atom is 0.244 e. The Morgan fingerprint density at radius 2 is 2.25 bits per heavy atom. The quantitative estimate of drug-likeness (QED) is 0.610. The first-order valence-corrected chi connectivity index (χ1v) is 8.67. The molecule has 0 aliphatic carbocycles. The van der Waals surface area contributed by atoms with E-state index >= 15 is 0 Å². The summed E-state index contributed by atoms with van der Waals surface area (Å²) in [6.07, 6.45) is 1.55. The lowest BCUT2D eigenvalue weighted by molar-refractivity contribution is 0.558. The average Bonchev–Trinajstić information content (AvgIpc) is 2.91. The Morgan fingerprint density at radius 3 is 2.85 bits per heavy atom. The normalized spacial score (nSPS) is 11.8. The van der Waals surface area contributed by atoms with E-state index in [9.17, 15) is 12.8 Å². The van der Waals surface area contributed by atoms with Crippen molar-refractivity contribution in [3.8, 4) is 0 Å². The molecule has 108 valence electrons. The molecule has 10 heteroatoms. The Bertz CT molecular complexity index is 737. The first-order chi connectivity index (χ1) is 9.33. The molecule has 1 aromatic heterocycles. The number of rotatable bonds is 4. The molecule has 0 aliphatic heterocycles. The minimum Gasteiger partial charge on any atom is -0.395 e. The van der Waals surface area contributed by atoms with Gasteiger partial charge in [0.1, 0.15) is 9.90 Å². The van der Waals surface area contributed by atoms with E-state index in [1.54, 1.807) is 11.6 Å². The van der Waals surface area contributed by atoms with Gasteiger partial charge in [0.25, 0.3) is 0 Å². The van der Waals surface area contributed by atoms with Crippen molar-refractivity contribution < 1.29 is 12.8 Å². The number of anilines is 1. The maximum absolute atomic E-state index is 14.0. The van der Waals surface area contributed by atoms with Crippen molar-refractivity contribution in [1.29, 1.82) is 0 Å². The highest BCUT2D eigenvalue weighted by atomic mass is 79.9. The van der Waals surface area contributed by atoms with Crippen molar-refractivity contribution in [1.82, 2.24) is 9.71 Å². The lowest BCUT2D eigenvalue weighted by Gasteiger charge is -2.10. The van der Waals surface area contributed by atoms with Gasteiger partial charge < -0.3 is 5.73 Å². The number of nitrogens with zero attached hydrogens (tertiary/aromatic N) is 1. The van der Waals surface area contributed by atoms with Crippen molar-refractivity contribution in [2.24, 2.45) is 0 Å². The third-order valence-electron chi connectivity index (χ3n) is 2.34. The number of nitrogens with one attached hydrogen (secondary N) is 1. The van der Waals surface area contributed by atoms with Crippen LogP contribution in [0.2, 0.25) is 5.02 Å². The molecule has 20 heavy (non-hydrogen) atoms. The third kappa shape index (κ3) is 3.12. The number of hydrogen-bond donors (Lipinski definition) is 2. The molecule has 0 radical (unpaired) electrons. The number of nitrogen functional groups attached to an aromatic ring is 1. The Kier molecular flexibility index (Phi) is 4.65. The molecule has 0 bridgehead atoms. The highest BCUT2D eigenvalue weighted by molar-refractivity contribution is 9.10.